The lowest BCUT2D eigenvalue weighted by atomic mass is 10.0. The molecule has 0 bridgehead atoms. The number of ketones is 1. The van der Waals surface area contributed by atoms with Crippen LogP contribution in [0.3, 0.4) is 0 Å². The van der Waals surface area contributed by atoms with Crippen LogP contribution in [0, 0.1) is 0 Å². The Morgan fingerprint density at radius 2 is 1.90 bits per heavy atom. The zero-order chi connectivity index (χ0) is 19.1. The SMILES string of the molecule is Cl.O=C1/C(=C/c2c[nH]c3ccccc23)Cc2c1ccc(O)c2CN1CCNCC1. The van der Waals surface area contributed by atoms with E-state index in [1.54, 1.807) is 12.1 Å². The minimum Gasteiger partial charge on any atom is -0.508 e. The highest BCUT2D eigenvalue weighted by molar-refractivity contribution is 6.16. The first-order valence-electron chi connectivity index (χ1n) is 9.79. The van der Waals surface area contributed by atoms with Crippen LogP contribution in [-0.2, 0) is 13.0 Å². The van der Waals surface area contributed by atoms with Crippen LogP contribution in [0.15, 0.2) is 48.2 Å². The molecule has 1 aromatic heterocycles. The van der Waals surface area contributed by atoms with Gasteiger partial charge in [0, 0.05) is 78.5 Å². The molecule has 2 aromatic carbocycles. The third-order valence-corrected chi connectivity index (χ3v) is 5.85. The number of fused-ring (bicyclic) bond motifs is 2. The fourth-order valence-electron chi connectivity index (χ4n) is 4.33. The van der Waals surface area contributed by atoms with E-state index in [2.05, 4.69) is 21.3 Å². The molecule has 150 valence electrons. The number of nitrogens with one attached hydrogen (secondary N) is 2. The molecular formula is C23H24ClN3O2. The van der Waals surface area contributed by atoms with Crippen LogP contribution in [0.5, 0.6) is 5.75 Å². The maximum atomic E-state index is 13.0. The molecule has 3 aromatic rings. The van der Waals surface area contributed by atoms with Crippen molar-refractivity contribution in [3.8, 4) is 5.75 Å². The zero-order valence-corrected chi connectivity index (χ0v) is 16.9. The summed E-state index contributed by atoms with van der Waals surface area (Å²) in [5.41, 5.74) is 5.49. The standard InChI is InChI=1S/C23H23N3O2.ClH/c27-22-6-5-18-19(20(22)14-26-9-7-24-8-10-26)12-15(23(18)28)11-16-13-25-21-4-2-1-3-17(16)21;/h1-6,11,13,24-25,27H,7-10,12,14H2;1H/b15-11+;. The van der Waals surface area contributed by atoms with Gasteiger partial charge in [-0.2, -0.15) is 0 Å². The monoisotopic (exact) mass is 409 g/mol. The van der Waals surface area contributed by atoms with Crippen molar-refractivity contribution in [2.45, 2.75) is 13.0 Å². The van der Waals surface area contributed by atoms with Gasteiger partial charge in [-0.15, -0.1) is 12.4 Å². The Bertz CT molecular complexity index is 1100. The third kappa shape index (κ3) is 3.57. The fraction of sp³-hybridized carbons (Fsp3) is 0.261. The number of halogens is 1. The van der Waals surface area contributed by atoms with Crippen molar-refractivity contribution in [3.63, 3.8) is 0 Å². The molecule has 0 spiro atoms. The van der Waals surface area contributed by atoms with Gasteiger partial charge in [0.1, 0.15) is 5.75 Å². The van der Waals surface area contributed by atoms with Crippen molar-refractivity contribution in [2.75, 3.05) is 26.2 Å². The number of rotatable bonds is 3. The van der Waals surface area contributed by atoms with Crippen molar-refractivity contribution in [3.05, 3.63) is 70.4 Å². The summed E-state index contributed by atoms with van der Waals surface area (Å²) in [6.07, 6.45) is 4.52. The molecule has 6 heteroatoms. The maximum Gasteiger partial charge on any atom is 0.189 e. The Labute approximate surface area is 175 Å². The number of H-pyrrole nitrogens is 1. The summed E-state index contributed by atoms with van der Waals surface area (Å²) in [6.45, 7) is 4.51. The first kappa shape index (κ1) is 19.7. The van der Waals surface area contributed by atoms with Crippen molar-refractivity contribution < 1.29 is 9.90 Å². The number of benzene rings is 2. The first-order valence-corrected chi connectivity index (χ1v) is 9.79. The van der Waals surface area contributed by atoms with Gasteiger partial charge >= 0.3 is 0 Å². The van der Waals surface area contributed by atoms with E-state index < -0.39 is 0 Å². The van der Waals surface area contributed by atoms with Crippen LogP contribution in [0.2, 0.25) is 0 Å². The van der Waals surface area contributed by atoms with E-state index in [0.29, 0.717) is 18.7 Å². The average molecular weight is 410 g/mol. The maximum absolute atomic E-state index is 13.0. The lowest BCUT2D eigenvalue weighted by Crippen LogP contribution is -2.43. The summed E-state index contributed by atoms with van der Waals surface area (Å²) in [5, 5.41) is 15.0. The lowest BCUT2D eigenvalue weighted by molar-refractivity contribution is 0.104. The molecule has 1 aliphatic carbocycles. The summed E-state index contributed by atoms with van der Waals surface area (Å²) < 4.78 is 0. The topological polar surface area (TPSA) is 68.4 Å². The molecule has 0 atom stereocenters. The Morgan fingerprint density at radius 3 is 2.72 bits per heavy atom. The number of hydrogen-bond donors (Lipinski definition) is 3. The van der Waals surface area contributed by atoms with Crippen molar-refractivity contribution in [2.24, 2.45) is 0 Å². The molecule has 1 saturated heterocycles. The second-order valence-electron chi connectivity index (χ2n) is 7.58. The minimum atomic E-state index is 0. The largest absolute Gasteiger partial charge is 0.508 e. The summed E-state index contributed by atoms with van der Waals surface area (Å²) in [5.74, 6) is 0.361. The lowest BCUT2D eigenvalue weighted by Gasteiger charge is -2.28. The number of para-hydroxylation sites is 1. The summed E-state index contributed by atoms with van der Waals surface area (Å²) in [6, 6.07) is 11.5. The molecule has 0 radical (unpaired) electrons. The van der Waals surface area contributed by atoms with Crippen molar-refractivity contribution in [1.82, 2.24) is 15.2 Å². The molecule has 1 fully saturated rings. The molecule has 0 unspecified atom stereocenters. The summed E-state index contributed by atoms with van der Waals surface area (Å²) in [4.78, 5) is 18.6. The second-order valence-corrected chi connectivity index (χ2v) is 7.58. The normalized spacial score (nSPS) is 18.2. The molecule has 5 nitrogen and oxygen atoms in total. The summed E-state index contributed by atoms with van der Waals surface area (Å²) >= 11 is 0. The Balaban J connectivity index is 0.00000205. The average Bonchev–Trinajstić information content (AvgIpc) is 3.27. The van der Waals surface area contributed by atoms with E-state index in [9.17, 15) is 9.90 Å². The molecule has 1 aliphatic heterocycles. The number of allylic oxidation sites excluding steroid dienone is 1. The number of phenolic OH excluding ortho intramolecular Hbond substituents is 1. The number of aromatic nitrogens is 1. The Kier molecular flexibility index (Phi) is 5.46. The van der Waals surface area contributed by atoms with Gasteiger partial charge in [-0.3, -0.25) is 9.69 Å². The van der Waals surface area contributed by atoms with Crippen LogP contribution in [0.4, 0.5) is 0 Å². The van der Waals surface area contributed by atoms with Crippen LogP contribution < -0.4 is 5.32 Å². The minimum absolute atomic E-state index is 0. The predicted octanol–water partition coefficient (Wildman–Crippen LogP) is 3.52. The number of piperazine rings is 1. The number of aromatic hydroxyl groups is 1. The molecule has 0 saturated carbocycles. The number of nitrogens with zero attached hydrogens (tertiary/aromatic N) is 1. The molecule has 29 heavy (non-hydrogen) atoms. The van der Waals surface area contributed by atoms with Gasteiger partial charge in [0.15, 0.2) is 5.78 Å². The molecule has 3 N–H and O–H groups in total. The number of aromatic amines is 1. The smallest absolute Gasteiger partial charge is 0.189 e. The van der Waals surface area contributed by atoms with E-state index in [-0.39, 0.29) is 18.2 Å². The van der Waals surface area contributed by atoms with E-state index in [1.165, 1.54) is 0 Å². The van der Waals surface area contributed by atoms with Gasteiger partial charge in [0.05, 0.1) is 0 Å². The molecular weight excluding hydrogens is 386 g/mol. The van der Waals surface area contributed by atoms with Gasteiger partial charge < -0.3 is 15.4 Å². The van der Waals surface area contributed by atoms with Crippen molar-refractivity contribution in [1.29, 1.82) is 0 Å². The van der Waals surface area contributed by atoms with E-state index in [1.807, 2.05) is 30.5 Å². The predicted molar refractivity (Wildman–Crippen MR) is 118 cm³/mol. The van der Waals surface area contributed by atoms with Crippen LogP contribution in [0.25, 0.3) is 17.0 Å². The highest BCUT2D eigenvalue weighted by atomic mass is 35.5. The van der Waals surface area contributed by atoms with Gasteiger partial charge in [-0.05, 0) is 29.8 Å². The van der Waals surface area contributed by atoms with Crippen LogP contribution >= 0.6 is 12.4 Å². The number of carbonyl (C=O) groups is 1. The van der Waals surface area contributed by atoms with Gasteiger partial charge in [0.2, 0.25) is 0 Å². The number of carbonyl (C=O) groups excluding carboxylic acids is 1. The van der Waals surface area contributed by atoms with E-state index in [0.717, 1.165) is 64.9 Å². The Hall–Kier alpha value is -2.60. The van der Waals surface area contributed by atoms with Crippen molar-refractivity contribution >= 4 is 35.2 Å². The first-order chi connectivity index (χ1) is 13.7. The van der Waals surface area contributed by atoms with Gasteiger partial charge in [0.25, 0.3) is 0 Å². The van der Waals surface area contributed by atoms with Gasteiger partial charge in [-0.25, -0.2) is 0 Å². The number of hydrogen-bond acceptors (Lipinski definition) is 4. The van der Waals surface area contributed by atoms with E-state index >= 15 is 0 Å². The fourth-order valence-corrected chi connectivity index (χ4v) is 4.33. The quantitative estimate of drug-likeness (QED) is 0.579. The second kappa shape index (κ2) is 8.03. The molecule has 2 heterocycles. The third-order valence-electron chi connectivity index (χ3n) is 5.85. The zero-order valence-electron chi connectivity index (χ0n) is 16.1. The number of Topliss-reactive ketones (excluding diaryl/α,β-unsaturated/α-hetero) is 1. The Morgan fingerprint density at radius 1 is 1.10 bits per heavy atom. The van der Waals surface area contributed by atoms with E-state index in [4.69, 9.17) is 0 Å². The molecule has 0 amide bonds. The van der Waals surface area contributed by atoms with Crippen LogP contribution in [0.1, 0.15) is 27.0 Å². The molecule has 5 rings (SSSR count). The van der Waals surface area contributed by atoms with Gasteiger partial charge in [-0.1, -0.05) is 18.2 Å². The summed E-state index contributed by atoms with van der Waals surface area (Å²) in [7, 11) is 0. The number of phenols is 1. The van der Waals surface area contributed by atoms with Crippen LogP contribution in [-0.4, -0.2) is 47.0 Å². The molecule has 2 aliphatic rings. The highest BCUT2D eigenvalue weighted by Crippen LogP contribution is 2.36. The highest BCUT2D eigenvalue weighted by Gasteiger charge is 2.29.